The molecule has 0 aliphatic heterocycles. The summed E-state index contributed by atoms with van der Waals surface area (Å²) in [6, 6.07) is 18.4. The Hall–Kier alpha value is -3.08. The van der Waals surface area contributed by atoms with E-state index in [-0.39, 0.29) is 0 Å². The fourth-order valence-corrected chi connectivity index (χ4v) is 2.03. The number of para-hydroxylation sites is 2. The number of hydrogen-bond acceptors (Lipinski definition) is 3. The molecule has 0 radical (unpaired) electrons. The summed E-state index contributed by atoms with van der Waals surface area (Å²) in [5, 5.41) is 7.73. The second-order valence-corrected chi connectivity index (χ2v) is 4.78. The molecular weight excluding hydrogens is 278 g/mol. The van der Waals surface area contributed by atoms with Crippen molar-refractivity contribution in [3.05, 3.63) is 66.4 Å². The maximum atomic E-state index is 11.8. The largest absolute Gasteiger partial charge is 0.455 e. The van der Waals surface area contributed by atoms with E-state index in [9.17, 15) is 4.79 Å². The van der Waals surface area contributed by atoms with Crippen LogP contribution in [0, 0.1) is 0 Å². The lowest BCUT2D eigenvalue weighted by molar-refractivity contribution is 0.252. The van der Waals surface area contributed by atoms with Crippen LogP contribution in [0.4, 0.5) is 10.5 Å². The first-order valence-electron chi connectivity index (χ1n) is 6.87. The first-order chi connectivity index (χ1) is 10.7. The first-order valence-corrected chi connectivity index (χ1v) is 6.87. The van der Waals surface area contributed by atoms with Gasteiger partial charge in [-0.15, -0.1) is 0 Å². The number of carbonyl (C=O) groups is 1. The standard InChI is InChI=1S/C17H15N3O2/c1-12(16-11-13-7-5-6-10-15(13)22-16)19-20-17(21)18-14-8-3-2-4-9-14/h2-11H,1H3,(H2,18,20,21)/b19-12-. The molecule has 0 atom stereocenters. The van der Waals surface area contributed by atoms with Gasteiger partial charge in [0.15, 0.2) is 5.76 Å². The maximum Gasteiger partial charge on any atom is 0.339 e. The van der Waals surface area contributed by atoms with Crippen LogP contribution in [0.15, 0.2) is 70.2 Å². The summed E-state index contributed by atoms with van der Waals surface area (Å²) >= 11 is 0. The van der Waals surface area contributed by atoms with E-state index in [1.807, 2.05) is 48.5 Å². The molecule has 5 nitrogen and oxygen atoms in total. The molecule has 3 rings (SSSR count). The molecule has 110 valence electrons. The molecule has 0 saturated heterocycles. The molecule has 2 N–H and O–H groups in total. The monoisotopic (exact) mass is 293 g/mol. The maximum absolute atomic E-state index is 11.8. The van der Waals surface area contributed by atoms with Crippen LogP contribution in [-0.4, -0.2) is 11.7 Å². The first kappa shape index (κ1) is 13.9. The molecule has 0 spiro atoms. The lowest BCUT2D eigenvalue weighted by Crippen LogP contribution is -2.25. The Bertz CT molecular complexity index is 789. The van der Waals surface area contributed by atoms with Gasteiger partial charge < -0.3 is 9.73 Å². The number of amides is 2. The van der Waals surface area contributed by atoms with Crippen LogP contribution < -0.4 is 10.7 Å². The normalized spacial score (nSPS) is 11.4. The molecule has 0 aliphatic carbocycles. The number of fused-ring (bicyclic) bond motifs is 1. The Labute approximate surface area is 127 Å². The van der Waals surface area contributed by atoms with Gasteiger partial charge in [-0.3, -0.25) is 0 Å². The average Bonchev–Trinajstić information content (AvgIpc) is 2.98. The molecule has 2 aromatic carbocycles. The number of hydrazone groups is 1. The number of benzene rings is 2. The van der Waals surface area contributed by atoms with Gasteiger partial charge in [0.2, 0.25) is 0 Å². The van der Waals surface area contributed by atoms with E-state index in [0.717, 1.165) is 11.0 Å². The number of rotatable bonds is 3. The Kier molecular flexibility index (Phi) is 3.87. The Morgan fingerprint density at radius 2 is 1.77 bits per heavy atom. The topological polar surface area (TPSA) is 66.6 Å². The van der Waals surface area contributed by atoms with Crippen LogP contribution in [0.3, 0.4) is 0 Å². The zero-order chi connectivity index (χ0) is 15.4. The summed E-state index contributed by atoms with van der Waals surface area (Å²) in [5.74, 6) is 0.626. The minimum atomic E-state index is -0.401. The summed E-state index contributed by atoms with van der Waals surface area (Å²) < 4.78 is 5.68. The molecular formula is C17H15N3O2. The summed E-state index contributed by atoms with van der Waals surface area (Å²) in [6.07, 6.45) is 0. The van der Waals surface area contributed by atoms with E-state index < -0.39 is 6.03 Å². The molecule has 0 unspecified atom stereocenters. The molecule has 22 heavy (non-hydrogen) atoms. The highest BCUT2D eigenvalue weighted by Crippen LogP contribution is 2.19. The van der Waals surface area contributed by atoms with Gasteiger partial charge in [0.1, 0.15) is 11.3 Å². The quantitative estimate of drug-likeness (QED) is 0.566. The summed E-state index contributed by atoms with van der Waals surface area (Å²) in [4.78, 5) is 11.8. The second kappa shape index (κ2) is 6.13. The number of nitrogens with one attached hydrogen (secondary N) is 2. The van der Waals surface area contributed by atoms with E-state index in [1.54, 1.807) is 19.1 Å². The fourth-order valence-electron chi connectivity index (χ4n) is 2.03. The molecule has 0 saturated carbocycles. The lowest BCUT2D eigenvalue weighted by Gasteiger charge is -2.04. The van der Waals surface area contributed by atoms with Crippen molar-refractivity contribution in [2.75, 3.05) is 5.32 Å². The van der Waals surface area contributed by atoms with Crippen molar-refractivity contribution in [3.8, 4) is 0 Å². The zero-order valence-corrected chi connectivity index (χ0v) is 12.0. The van der Waals surface area contributed by atoms with Crippen LogP contribution >= 0.6 is 0 Å². The number of furan rings is 1. The van der Waals surface area contributed by atoms with Crippen LogP contribution in [0.25, 0.3) is 11.0 Å². The van der Waals surface area contributed by atoms with Crippen LogP contribution in [0.5, 0.6) is 0 Å². The van der Waals surface area contributed by atoms with Crippen LogP contribution in [0.2, 0.25) is 0 Å². The molecule has 1 heterocycles. The van der Waals surface area contributed by atoms with E-state index in [0.29, 0.717) is 17.2 Å². The van der Waals surface area contributed by atoms with Gasteiger partial charge in [-0.2, -0.15) is 5.10 Å². The van der Waals surface area contributed by atoms with Gasteiger partial charge in [0.05, 0.1) is 0 Å². The van der Waals surface area contributed by atoms with Crippen molar-refractivity contribution >= 4 is 28.4 Å². The Morgan fingerprint density at radius 1 is 1.05 bits per heavy atom. The highest BCUT2D eigenvalue weighted by molar-refractivity contribution is 6.00. The Balaban J connectivity index is 1.68. The minimum Gasteiger partial charge on any atom is -0.455 e. The fraction of sp³-hybridized carbons (Fsp3) is 0.0588. The number of carbonyl (C=O) groups excluding carboxylic acids is 1. The molecule has 1 aromatic heterocycles. The molecule has 3 aromatic rings. The van der Waals surface area contributed by atoms with Gasteiger partial charge in [0, 0.05) is 11.1 Å². The summed E-state index contributed by atoms with van der Waals surface area (Å²) in [7, 11) is 0. The van der Waals surface area contributed by atoms with Crippen molar-refractivity contribution < 1.29 is 9.21 Å². The summed E-state index contributed by atoms with van der Waals surface area (Å²) in [5.41, 5.74) is 4.55. The Morgan fingerprint density at radius 3 is 2.55 bits per heavy atom. The number of nitrogens with zero attached hydrogens (tertiary/aromatic N) is 1. The predicted octanol–water partition coefficient (Wildman–Crippen LogP) is 3.98. The van der Waals surface area contributed by atoms with Crippen LogP contribution in [0.1, 0.15) is 12.7 Å². The van der Waals surface area contributed by atoms with Crippen molar-refractivity contribution in [1.82, 2.24) is 5.43 Å². The van der Waals surface area contributed by atoms with Gasteiger partial charge in [0.25, 0.3) is 0 Å². The summed E-state index contributed by atoms with van der Waals surface area (Å²) in [6.45, 7) is 1.78. The molecule has 0 fully saturated rings. The number of urea groups is 1. The van der Waals surface area contributed by atoms with E-state index in [1.165, 1.54) is 0 Å². The smallest absolute Gasteiger partial charge is 0.339 e. The number of anilines is 1. The predicted molar refractivity (Wildman–Crippen MR) is 87.0 cm³/mol. The zero-order valence-electron chi connectivity index (χ0n) is 12.0. The van der Waals surface area contributed by atoms with Crippen molar-refractivity contribution in [1.29, 1.82) is 0 Å². The van der Waals surface area contributed by atoms with Gasteiger partial charge >= 0.3 is 6.03 Å². The third kappa shape index (κ3) is 3.15. The SMILES string of the molecule is C/C(=N/NC(=O)Nc1ccccc1)c1cc2ccccc2o1. The second-order valence-electron chi connectivity index (χ2n) is 4.78. The van der Waals surface area contributed by atoms with Crippen LogP contribution in [-0.2, 0) is 0 Å². The molecule has 0 bridgehead atoms. The van der Waals surface area contributed by atoms with E-state index in [2.05, 4.69) is 15.8 Å². The molecule has 0 aliphatic rings. The van der Waals surface area contributed by atoms with E-state index >= 15 is 0 Å². The highest BCUT2D eigenvalue weighted by atomic mass is 16.3. The number of hydrogen-bond donors (Lipinski definition) is 2. The van der Waals surface area contributed by atoms with Crippen molar-refractivity contribution in [2.45, 2.75) is 6.92 Å². The average molecular weight is 293 g/mol. The van der Waals surface area contributed by atoms with Gasteiger partial charge in [-0.25, -0.2) is 10.2 Å². The highest BCUT2D eigenvalue weighted by Gasteiger charge is 2.07. The van der Waals surface area contributed by atoms with Crippen molar-refractivity contribution in [2.24, 2.45) is 5.10 Å². The van der Waals surface area contributed by atoms with Gasteiger partial charge in [-0.1, -0.05) is 36.4 Å². The van der Waals surface area contributed by atoms with E-state index in [4.69, 9.17) is 4.42 Å². The van der Waals surface area contributed by atoms with Crippen molar-refractivity contribution in [3.63, 3.8) is 0 Å². The molecule has 5 heteroatoms. The lowest BCUT2D eigenvalue weighted by atomic mass is 10.2. The minimum absolute atomic E-state index is 0.401. The molecule has 2 amide bonds. The van der Waals surface area contributed by atoms with Gasteiger partial charge in [-0.05, 0) is 31.2 Å². The third-order valence-corrected chi connectivity index (χ3v) is 3.14. The third-order valence-electron chi connectivity index (χ3n) is 3.14.